The van der Waals surface area contributed by atoms with E-state index in [1.54, 1.807) is 39.0 Å². The van der Waals surface area contributed by atoms with Crippen LogP contribution in [-0.4, -0.2) is 34.3 Å². The minimum atomic E-state index is -1.39. The second-order valence-electron chi connectivity index (χ2n) is 6.15. The van der Waals surface area contributed by atoms with E-state index in [0.29, 0.717) is 11.1 Å². The van der Waals surface area contributed by atoms with E-state index in [9.17, 15) is 19.5 Å². The van der Waals surface area contributed by atoms with Gasteiger partial charge in [-0.3, -0.25) is 9.59 Å². The summed E-state index contributed by atoms with van der Waals surface area (Å²) in [5.41, 5.74) is 0.292. The lowest BCUT2D eigenvalue weighted by molar-refractivity contribution is -0.164. The van der Waals surface area contributed by atoms with Gasteiger partial charge in [-0.05, 0) is 38.5 Å². The SMILES string of the molecule is CC(C)(C)OC(=O)C(O)Cc1cccc2c1C(=O)C=CC2=O. The molecule has 22 heavy (non-hydrogen) atoms. The van der Waals surface area contributed by atoms with Crippen LogP contribution in [0.2, 0.25) is 0 Å². The monoisotopic (exact) mass is 302 g/mol. The van der Waals surface area contributed by atoms with Crippen molar-refractivity contribution in [3.8, 4) is 0 Å². The summed E-state index contributed by atoms with van der Waals surface area (Å²) in [5, 5.41) is 10.00. The fourth-order valence-corrected chi connectivity index (χ4v) is 2.25. The molecular weight excluding hydrogens is 284 g/mol. The van der Waals surface area contributed by atoms with Crippen LogP contribution < -0.4 is 0 Å². The highest BCUT2D eigenvalue weighted by Gasteiger charge is 2.27. The van der Waals surface area contributed by atoms with Gasteiger partial charge in [-0.25, -0.2) is 4.79 Å². The molecule has 0 saturated heterocycles. The number of fused-ring (bicyclic) bond motifs is 1. The number of benzene rings is 1. The summed E-state index contributed by atoms with van der Waals surface area (Å²) in [4.78, 5) is 35.6. The third kappa shape index (κ3) is 3.49. The zero-order chi connectivity index (χ0) is 16.5. The Morgan fingerprint density at radius 2 is 1.82 bits per heavy atom. The fourth-order valence-electron chi connectivity index (χ4n) is 2.25. The number of ketones is 2. The molecule has 0 aromatic heterocycles. The molecule has 0 aliphatic heterocycles. The molecule has 1 atom stereocenters. The molecule has 116 valence electrons. The lowest BCUT2D eigenvalue weighted by Crippen LogP contribution is -2.33. The number of carbonyl (C=O) groups excluding carboxylic acids is 3. The lowest BCUT2D eigenvalue weighted by atomic mass is 9.88. The van der Waals surface area contributed by atoms with Gasteiger partial charge in [0.1, 0.15) is 5.60 Å². The number of esters is 1. The standard InChI is InChI=1S/C17H18O5/c1-17(2,3)22-16(21)14(20)9-10-5-4-6-11-12(18)7-8-13(19)15(10)11/h4-8,14,20H,9H2,1-3H3. The molecule has 1 aromatic rings. The third-order valence-electron chi connectivity index (χ3n) is 3.14. The summed E-state index contributed by atoms with van der Waals surface area (Å²) < 4.78 is 5.11. The second kappa shape index (κ2) is 5.85. The number of aliphatic hydroxyl groups is 1. The largest absolute Gasteiger partial charge is 0.458 e. The van der Waals surface area contributed by atoms with Crippen LogP contribution in [0, 0.1) is 0 Å². The molecule has 0 heterocycles. The number of allylic oxidation sites excluding steroid dienone is 2. The van der Waals surface area contributed by atoms with E-state index in [1.165, 1.54) is 12.2 Å². The molecule has 0 bridgehead atoms. The summed E-state index contributed by atoms with van der Waals surface area (Å²) in [6.07, 6.45) is 0.956. The molecule has 5 heteroatoms. The number of hydrogen-bond donors (Lipinski definition) is 1. The Labute approximate surface area is 128 Å². The summed E-state index contributed by atoms with van der Waals surface area (Å²) in [5.74, 6) is -1.32. The maximum absolute atomic E-state index is 12.0. The highest BCUT2D eigenvalue weighted by molar-refractivity contribution is 6.22. The van der Waals surface area contributed by atoms with Gasteiger partial charge in [0.2, 0.25) is 0 Å². The molecule has 0 saturated carbocycles. The van der Waals surface area contributed by atoms with Crippen molar-refractivity contribution in [2.45, 2.75) is 38.9 Å². The van der Waals surface area contributed by atoms with E-state index in [2.05, 4.69) is 0 Å². The van der Waals surface area contributed by atoms with Crippen LogP contribution >= 0.6 is 0 Å². The molecule has 0 fully saturated rings. The third-order valence-corrected chi connectivity index (χ3v) is 3.14. The van der Waals surface area contributed by atoms with Gasteiger partial charge in [-0.2, -0.15) is 0 Å². The quantitative estimate of drug-likeness (QED) is 0.862. The summed E-state index contributed by atoms with van der Waals surface area (Å²) in [6, 6.07) is 4.81. The van der Waals surface area contributed by atoms with E-state index in [1.807, 2.05) is 0 Å². The Balaban J connectivity index is 2.25. The van der Waals surface area contributed by atoms with Crippen molar-refractivity contribution in [1.82, 2.24) is 0 Å². The summed E-state index contributed by atoms with van der Waals surface area (Å²) in [6.45, 7) is 5.11. The second-order valence-corrected chi connectivity index (χ2v) is 6.15. The molecule has 1 aromatic carbocycles. The maximum Gasteiger partial charge on any atom is 0.335 e. The Morgan fingerprint density at radius 3 is 2.45 bits per heavy atom. The summed E-state index contributed by atoms with van der Waals surface area (Å²) >= 11 is 0. The number of rotatable bonds is 3. The van der Waals surface area contributed by atoms with E-state index < -0.39 is 17.7 Å². The predicted octanol–water partition coefficient (Wildman–Crippen LogP) is 1.87. The van der Waals surface area contributed by atoms with Crippen LogP contribution in [0.3, 0.4) is 0 Å². The van der Waals surface area contributed by atoms with E-state index in [0.717, 1.165) is 0 Å². The minimum absolute atomic E-state index is 0.0784. The van der Waals surface area contributed by atoms with Crippen molar-refractivity contribution in [2.75, 3.05) is 0 Å². The Bertz CT molecular complexity index is 664. The normalized spacial score (nSPS) is 15.5. The number of ether oxygens (including phenoxy) is 1. The Morgan fingerprint density at radius 1 is 1.18 bits per heavy atom. The molecule has 0 amide bonds. The van der Waals surface area contributed by atoms with Gasteiger partial charge in [0, 0.05) is 17.5 Å². The van der Waals surface area contributed by atoms with E-state index >= 15 is 0 Å². The van der Waals surface area contributed by atoms with Gasteiger partial charge in [0.15, 0.2) is 17.7 Å². The minimum Gasteiger partial charge on any atom is -0.458 e. The molecule has 1 aliphatic rings. The van der Waals surface area contributed by atoms with E-state index in [4.69, 9.17) is 4.74 Å². The topological polar surface area (TPSA) is 80.7 Å². The molecule has 1 N–H and O–H groups in total. The first-order valence-corrected chi connectivity index (χ1v) is 6.98. The molecule has 5 nitrogen and oxygen atoms in total. The van der Waals surface area contributed by atoms with Gasteiger partial charge >= 0.3 is 5.97 Å². The molecule has 0 spiro atoms. The first-order chi connectivity index (χ1) is 10.2. The smallest absolute Gasteiger partial charge is 0.335 e. The highest BCUT2D eigenvalue weighted by atomic mass is 16.6. The molecule has 1 aliphatic carbocycles. The van der Waals surface area contributed by atoms with Crippen molar-refractivity contribution in [2.24, 2.45) is 0 Å². The average Bonchev–Trinajstić information content (AvgIpc) is 2.41. The van der Waals surface area contributed by atoms with Crippen molar-refractivity contribution in [3.63, 3.8) is 0 Å². The van der Waals surface area contributed by atoms with Crippen molar-refractivity contribution in [1.29, 1.82) is 0 Å². The zero-order valence-electron chi connectivity index (χ0n) is 12.8. The number of hydrogen-bond acceptors (Lipinski definition) is 5. The molecule has 1 unspecified atom stereocenters. The van der Waals surface area contributed by atoms with Crippen LogP contribution in [0.25, 0.3) is 0 Å². The van der Waals surface area contributed by atoms with Crippen molar-refractivity contribution < 1.29 is 24.2 Å². The van der Waals surface area contributed by atoms with Gasteiger partial charge < -0.3 is 9.84 Å². The van der Waals surface area contributed by atoms with Crippen LogP contribution in [0.15, 0.2) is 30.4 Å². The van der Waals surface area contributed by atoms with E-state index in [-0.39, 0.29) is 23.6 Å². The first-order valence-electron chi connectivity index (χ1n) is 6.98. The number of aliphatic hydroxyl groups excluding tert-OH is 1. The first kappa shape index (κ1) is 16.1. The maximum atomic E-state index is 12.0. The lowest BCUT2D eigenvalue weighted by Gasteiger charge is -2.22. The summed E-state index contributed by atoms with van der Waals surface area (Å²) in [7, 11) is 0. The van der Waals surface area contributed by atoms with Crippen LogP contribution in [0.4, 0.5) is 0 Å². The average molecular weight is 302 g/mol. The predicted molar refractivity (Wildman–Crippen MR) is 79.8 cm³/mol. The zero-order valence-corrected chi connectivity index (χ0v) is 12.8. The van der Waals surface area contributed by atoms with Gasteiger partial charge in [0.25, 0.3) is 0 Å². The van der Waals surface area contributed by atoms with Crippen LogP contribution in [-0.2, 0) is 16.0 Å². The van der Waals surface area contributed by atoms with Crippen molar-refractivity contribution in [3.05, 3.63) is 47.0 Å². The van der Waals surface area contributed by atoms with Gasteiger partial charge in [0.05, 0.1) is 0 Å². The number of carbonyl (C=O) groups is 3. The van der Waals surface area contributed by atoms with Crippen LogP contribution in [0.5, 0.6) is 0 Å². The molecule has 0 radical (unpaired) electrons. The fraction of sp³-hybridized carbons (Fsp3) is 0.353. The molecular formula is C17H18O5. The highest BCUT2D eigenvalue weighted by Crippen LogP contribution is 2.22. The van der Waals surface area contributed by atoms with Crippen molar-refractivity contribution >= 4 is 17.5 Å². The Kier molecular flexibility index (Phi) is 4.28. The molecule has 2 rings (SSSR count). The Hall–Kier alpha value is -2.27. The van der Waals surface area contributed by atoms with Gasteiger partial charge in [-0.15, -0.1) is 0 Å². The van der Waals surface area contributed by atoms with Gasteiger partial charge in [-0.1, -0.05) is 18.2 Å². The van der Waals surface area contributed by atoms with Crippen LogP contribution in [0.1, 0.15) is 47.1 Å².